The van der Waals surface area contributed by atoms with Crippen molar-refractivity contribution in [3.8, 4) is 6.07 Å². The summed E-state index contributed by atoms with van der Waals surface area (Å²) in [6, 6.07) is 9.51. The van der Waals surface area contributed by atoms with E-state index in [0.29, 0.717) is 11.0 Å². The number of aliphatic hydroxyl groups excluding tert-OH is 1. The summed E-state index contributed by atoms with van der Waals surface area (Å²) >= 11 is 2.84. The summed E-state index contributed by atoms with van der Waals surface area (Å²) in [6.07, 6.45) is 3.03. The van der Waals surface area contributed by atoms with E-state index in [4.69, 9.17) is 4.98 Å². The molecule has 3 heterocycles. The Labute approximate surface area is 186 Å². The minimum Gasteiger partial charge on any atom is -0.510 e. The molecule has 7 nitrogen and oxygen atoms in total. The van der Waals surface area contributed by atoms with E-state index in [1.807, 2.05) is 24.3 Å². The van der Waals surface area contributed by atoms with Gasteiger partial charge in [0.25, 0.3) is 5.56 Å². The Morgan fingerprint density at radius 2 is 2.16 bits per heavy atom. The smallest absolute Gasteiger partial charge is 0.262 e. The van der Waals surface area contributed by atoms with Crippen LogP contribution in [0, 0.1) is 11.3 Å². The van der Waals surface area contributed by atoms with Gasteiger partial charge in [-0.25, -0.2) is 9.97 Å². The molecule has 5 rings (SSSR count). The number of aromatic nitrogens is 4. The number of rotatable bonds is 4. The van der Waals surface area contributed by atoms with Crippen LogP contribution in [0.4, 0.5) is 0 Å². The van der Waals surface area contributed by atoms with Crippen molar-refractivity contribution < 1.29 is 5.11 Å². The Hall–Kier alpha value is -3.09. The highest BCUT2D eigenvalue weighted by Gasteiger charge is 2.25. The fourth-order valence-corrected chi connectivity index (χ4v) is 6.17. The number of imidazole rings is 1. The molecular formula is C22H19N5O2S2. The molecule has 0 bridgehead atoms. The summed E-state index contributed by atoms with van der Waals surface area (Å²) in [5.41, 5.74) is 2.69. The number of aromatic amines is 1. The van der Waals surface area contributed by atoms with Gasteiger partial charge in [-0.1, -0.05) is 23.9 Å². The maximum Gasteiger partial charge on any atom is 0.262 e. The van der Waals surface area contributed by atoms with Crippen LogP contribution in [0.15, 0.2) is 40.0 Å². The Bertz CT molecular complexity index is 1440. The zero-order chi connectivity index (χ0) is 21.7. The van der Waals surface area contributed by atoms with Crippen LogP contribution in [0.2, 0.25) is 0 Å². The van der Waals surface area contributed by atoms with Crippen molar-refractivity contribution in [2.75, 3.05) is 0 Å². The average Bonchev–Trinajstić information content (AvgIpc) is 3.46. The number of allylic oxidation sites excluding steroid dienone is 1. The van der Waals surface area contributed by atoms with E-state index in [-0.39, 0.29) is 16.9 Å². The second kappa shape index (κ2) is 7.55. The number of fused-ring (bicyclic) bond motifs is 4. The van der Waals surface area contributed by atoms with Crippen molar-refractivity contribution in [1.82, 2.24) is 19.5 Å². The predicted molar refractivity (Wildman–Crippen MR) is 123 cm³/mol. The second-order valence-corrected chi connectivity index (χ2v) is 9.92. The van der Waals surface area contributed by atoms with Crippen LogP contribution in [0.1, 0.15) is 29.6 Å². The number of H-pyrrole nitrogens is 1. The molecule has 1 unspecified atom stereocenters. The minimum atomic E-state index is -0.495. The number of para-hydroxylation sites is 2. The normalized spacial score (nSPS) is 15.1. The first-order chi connectivity index (χ1) is 15.0. The third-order valence-electron chi connectivity index (χ3n) is 5.57. The first-order valence-corrected chi connectivity index (χ1v) is 11.6. The molecule has 156 valence electrons. The van der Waals surface area contributed by atoms with E-state index < -0.39 is 5.25 Å². The summed E-state index contributed by atoms with van der Waals surface area (Å²) in [7, 11) is 1.70. The number of aryl methyl sites for hydroxylation is 2. The second-order valence-electron chi connectivity index (χ2n) is 7.53. The van der Waals surface area contributed by atoms with Crippen molar-refractivity contribution in [1.29, 1.82) is 5.26 Å². The molecule has 9 heteroatoms. The number of hydrogen-bond acceptors (Lipinski definition) is 7. The Balaban J connectivity index is 1.52. The van der Waals surface area contributed by atoms with Crippen LogP contribution in [0.3, 0.4) is 0 Å². The van der Waals surface area contributed by atoms with E-state index in [1.54, 1.807) is 25.3 Å². The van der Waals surface area contributed by atoms with Crippen molar-refractivity contribution in [3.63, 3.8) is 0 Å². The number of hydrogen-bond donors (Lipinski definition) is 2. The molecule has 1 atom stereocenters. The molecule has 0 spiro atoms. The maximum absolute atomic E-state index is 13.0. The van der Waals surface area contributed by atoms with E-state index >= 15 is 0 Å². The van der Waals surface area contributed by atoms with Gasteiger partial charge in [-0.05, 0) is 43.9 Å². The fourth-order valence-electron chi connectivity index (χ4n) is 3.93. The van der Waals surface area contributed by atoms with Crippen LogP contribution in [-0.2, 0) is 19.9 Å². The standard InChI is InChI=1S/C22H19N5O2S2/c1-11(18(28)13(10-23)19-24-14-7-3-4-8-15(14)25-19)30-22-26-20-17(21(29)27(22)2)12-6-5-9-16(12)31-20/h3-4,7-8,11,28H,5-6,9H2,1-2H3,(H,24,25)/b18-13-. The summed E-state index contributed by atoms with van der Waals surface area (Å²) in [5, 5.41) is 21.3. The third kappa shape index (κ3) is 3.23. The number of thiophene rings is 1. The van der Waals surface area contributed by atoms with Gasteiger partial charge < -0.3 is 10.1 Å². The molecule has 0 aliphatic heterocycles. The van der Waals surface area contributed by atoms with Crippen LogP contribution >= 0.6 is 23.1 Å². The monoisotopic (exact) mass is 449 g/mol. The van der Waals surface area contributed by atoms with Crippen molar-refractivity contribution in [2.24, 2.45) is 7.05 Å². The highest BCUT2D eigenvalue weighted by atomic mass is 32.2. The van der Waals surface area contributed by atoms with Crippen LogP contribution in [-0.4, -0.2) is 29.9 Å². The van der Waals surface area contributed by atoms with E-state index in [9.17, 15) is 15.2 Å². The lowest BCUT2D eigenvalue weighted by Crippen LogP contribution is -2.21. The summed E-state index contributed by atoms with van der Waals surface area (Å²) in [5.74, 6) is 0.218. The number of nitrogens with one attached hydrogen (secondary N) is 1. The summed E-state index contributed by atoms with van der Waals surface area (Å²) in [4.78, 5) is 27.2. The first kappa shape index (κ1) is 19.8. The number of nitriles is 1. The topological polar surface area (TPSA) is 108 Å². The molecule has 0 saturated heterocycles. The largest absolute Gasteiger partial charge is 0.510 e. The summed E-state index contributed by atoms with van der Waals surface area (Å²) < 4.78 is 1.54. The molecule has 4 aromatic rings. The number of benzene rings is 1. The third-order valence-corrected chi connectivity index (χ3v) is 7.91. The SMILES string of the molecule is CC(Sc1nc2sc3c(c2c(=O)n1C)CCC3)/C(O)=C(\C#N)c1nc2ccccc2[nH]1. The van der Waals surface area contributed by atoms with Gasteiger partial charge in [0, 0.05) is 11.9 Å². The zero-order valence-electron chi connectivity index (χ0n) is 17.0. The lowest BCUT2D eigenvalue weighted by molar-refractivity contribution is 0.401. The number of nitrogens with zero attached hydrogens (tertiary/aromatic N) is 4. The number of aliphatic hydroxyl groups is 1. The van der Waals surface area contributed by atoms with Gasteiger partial charge >= 0.3 is 0 Å². The lowest BCUT2D eigenvalue weighted by atomic mass is 10.2. The number of thioether (sulfide) groups is 1. The molecule has 1 aliphatic rings. The van der Waals surface area contributed by atoms with E-state index in [2.05, 4.69) is 16.0 Å². The molecule has 0 amide bonds. The zero-order valence-corrected chi connectivity index (χ0v) is 18.6. The highest BCUT2D eigenvalue weighted by Crippen LogP contribution is 2.36. The van der Waals surface area contributed by atoms with Crippen molar-refractivity contribution >= 4 is 49.9 Å². The Morgan fingerprint density at radius 3 is 2.94 bits per heavy atom. The molecule has 0 radical (unpaired) electrons. The van der Waals surface area contributed by atoms with E-state index in [1.165, 1.54) is 21.2 Å². The quantitative estimate of drug-likeness (QED) is 0.208. The van der Waals surface area contributed by atoms with Gasteiger partial charge in [0.1, 0.15) is 22.2 Å². The van der Waals surface area contributed by atoms with Gasteiger partial charge in [-0.3, -0.25) is 9.36 Å². The first-order valence-electron chi connectivity index (χ1n) is 9.94. The molecule has 31 heavy (non-hydrogen) atoms. The molecular weight excluding hydrogens is 430 g/mol. The molecule has 1 aliphatic carbocycles. The van der Waals surface area contributed by atoms with Gasteiger partial charge in [0.05, 0.1) is 21.7 Å². The minimum absolute atomic E-state index is 0.0552. The van der Waals surface area contributed by atoms with Crippen LogP contribution < -0.4 is 5.56 Å². The molecule has 3 aromatic heterocycles. The van der Waals surface area contributed by atoms with Crippen molar-refractivity contribution in [2.45, 2.75) is 36.6 Å². The van der Waals surface area contributed by atoms with Gasteiger partial charge in [0.15, 0.2) is 11.0 Å². The predicted octanol–water partition coefficient (Wildman–Crippen LogP) is 4.33. The van der Waals surface area contributed by atoms with Crippen LogP contribution in [0.5, 0.6) is 0 Å². The van der Waals surface area contributed by atoms with Gasteiger partial charge in [0.2, 0.25) is 0 Å². The van der Waals surface area contributed by atoms with Crippen LogP contribution in [0.25, 0.3) is 26.8 Å². The lowest BCUT2D eigenvalue weighted by Gasteiger charge is -2.13. The van der Waals surface area contributed by atoms with E-state index in [0.717, 1.165) is 46.1 Å². The average molecular weight is 450 g/mol. The molecule has 1 aromatic carbocycles. The fraction of sp³-hybridized carbons (Fsp3) is 0.273. The Morgan fingerprint density at radius 1 is 1.35 bits per heavy atom. The molecule has 2 N–H and O–H groups in total. The van der Waals surface area contributed by atoms with Crippen molar-refractivity contribution in [3.05, 3.63) is 56.6 Å². The highest BCUT2D eigenvalue weighted by molar-refractivity contribution is 7.99. The summed E-state index contributed by atoms with van der Waals surface area (Å²) in [6.45, 7) is 1.78. The van der Waals surface area contributed by atoms with Gasteiger partial charge in [-0.15, -0.1) is 11.3 Å². The maximum atomic E-state index is 13.0. The Kier molecular flexibility index (Phi) is 4.84. The molecule has 0 fully saturated rings. The van der Waals surface area contributed by atoms with Gasteiger partial charge in [-0.2, -0.15) is 5.26 Å². The molecule has 0 saturated carbocycles.